The molecule has 0 fully saturated rings. The number of rotatable bonds is 3. The second-order valence-corrected chi connectivity index (χ2v) is 5.01. The highest BCUT2D eigenvalue weighted by molar-refractivity contribution is 5.45. The van der Waals surface area contributed by atoms with E-state index >= 15 is 0 Å². The van der Waals surface area contributed by atoms with Crippen LogP contribution in [0.1, 0.15) is 29.8 Å². The quantitative estimate of drug-likeness (QED) is 0.941. The molecule has 0 spiro atoms. The van der Waals surface area contributed by atoms with Crippen LogP contribution in [0, 0.1) is 0 Å². The molecule has 2 unspecified atom stereocenters. The SMILES string of the molecule is COc1ccc(C2CC(O)c3ccccc3O2)cc1OC. The molecule has 0 saturated heterocycles. The molecule has 0 radical (unpaired) electrons. The summed E-state index contributed by atoms with van der Waals surface area (Å²) >= 11 is 0. The third kappa shape index (κ3) is 2.54. The summed E-state index contributed by atoms with van der Waals surface area (Å²) in [7, 11) is 3.21. The lowest BCUT2D eigenvalue weighted by Gasteiger charge is -2.30. The molecule has 0 aliphatic carbocycles. The summed E-state index contributed by atoms with van der Waals surface area (Å²) in [6, 6.07) is 13.3. The second kappa shape index (κ2) is 5.66. The minimum Gasteiger partial charge on any atom is -0.493 e. The summed E-state index contributed by atoms with van der Waals surface area (Å²) in [6.45, 7) is 0. The standard InChI is InChI=1S/C17H18O4/c1-19-15-8-7-11(9-17(15)20-2)16-10-13(18)12-5-3-4-6-14(12)21-16/h3-9,13,16,18H,10H2,1-2H3. The van der Waals surface area contributed by atoms with E-state index in [0.29, 0.717) is 17.9 Å². The van der Waals surface area contributed by atoms with Gasteiger partial charge in [0.25, 0.3) is 0 Å². The summed E-state index contributed by atoms with van der Waals surface area (Å²) < 4.78 is 16.6. The van der Waals surface area contributed by atoms with E-state index in [1.165, 1.54) is 0 Å². The Balaban J connectivity index is 1.92. The monoisotopic (exact) mass is 286 g/mol. The van der Waals surface area contributed by atoms with E-state index in [-0.39, 0.29) is 6.10 Å². The maximum absolute atomic E-state index is 10.3. The Labute approximate surface area is 123 Å². The van der Waals surface area contributed by atoms with Crippen LogP contribution in [0.15, 0.2) is 42.5 Å². The highest BCUT2D eigenvalue weighted by Crippen LogP contribution is 2.42. The van der Waals surface area contributed by atoms with Crippen LogP contribution in [0.4, 0.5) is 0 Å². The lowest BCUT2D eigenvalue weighted by atomic mass is 9.95. The fourth-order valence-corrected chi connectivity index (χ4v) is 2.65. The molecule has 1 N–H and O–H groups in total. The van der Waals surface area contributed by atoms with Gasteiger partial charge in [0.2, 0.25) is 0 Å². The maximum atomic E-state index is 10.3. The van der Waals surface area contributed by atoms with Crippen LogP contribution in [-0.4, -0.2) is 19.3 Å². The molecular formula is C17H18O4. The van der Waals surface area contributed by atoms with Crippen molar-refractivity contribution in [3.8, 4) is 17.2 Å². The van der Waals surface area contributed by atoms with Gasteiger partial charge in [0.15, 0.2) is 11.5 Å². The number of hydrogen-bond acceptors (Lipinski definition) is 4. The van der Waals surface area contributed by atoms with E-state index < -0.39 is 6.10 Å². The fraction of sp³-hybridized carbons (Fsp3) is 0.294. The van der Waals surface area contributed by atoms with Gasteiger partial charge < -0.3 is 19.3 Å². The summed E-state index contributed by atoms with van der Waals surface area (Å²) in [5.74, 6) is 2.07. The van der Waals surface area contributed by atoms with E-state index in [1.807, 2.05) is 42.5 Å². The smallest absolute Gasteiger partial charge is 0.161 e. The molecule has 1 heterocycles. The molecule has 110 valence electrons. The number of hydrogen-bond donors (Lipinski definition) is 1. The molecular weight excluding hydrogens is 268 g/mol. The van der Waals surface area contributed by atoms with Gasteiger partial charge in [-0.25, -0.2) is 0 Å². The van der Waals surface area contributed by atoms with Gasteiger partial charge in [-0.2, -0.15) is 0 Å². The Morgan fingerprint density at radius 1 is 1.05 bits per heavy atom. The van der Waals surface area contributed by atoms with Crippen LogP contribution in [-0.2, 0) is 0 Å². The van der Waals surface area contributed by atoms with E-state index in [1.54, 1.807) is 14.2 Å². The molecule has 0 saturated carbocycles. The Morgan fingerprint density at radius 2 is 1.81 bits per heavy atom. The summed E-state index contributed by atoms with van der Waals surface area (Å²) in [5.41, 5.74) is 1.80. The average Bonchev–Trinajstić information content (AvgIpc) is 2.54. The van der Waals surface area contributed by atoms with Crippen LogP contribution in [0.5, 0.6) is 17.2 Å². The fourth-order valence-electron chi connectivity index (χ4n) is 2.65. The van der Waals surface area contributed by atoms with Crippen molar-refractivity contribution in [3.63, 3.8) is 0 Å². The van der Waals surface area contributed by atoms with Crippen molar-refractivity contribution in [3.05, 3.63) is 53.6 Å². The third-order valence-corrected chi connectivity index (χ3v) is 3.76. The van der Waals surface area contributed by atoms with Crippen LogP contribution in [0.2, 0.25) is 0 Å². The highest BCUT2D eigenvalue weighted by atomic mass is 16.5. The van der Waals surface area contributed by atoms with E-state index in [2.05, 4.69) is 0 Å². The van der Waals surface area contributed by atoms with Gasteiger partial charge in [-0.05, 0) is 23.8 Å². The Hall–Kier alpha value is -2.20. The first-order valence-corrected chi connectivity index (χ1v) is 6.88. The van der Waals surface area contributed by atoms with Crippen molar-refractivity contribution < 1.29 is 19.3 Å². The van der Waals surface area contributed by atoms with Crippen molar-refractivity contribution in [2.24, 2.45) is 0 Å². The van der Waals surface area contributed by atoms with Crippen LogP contribution in [0.3, 0.4) is 0 Å². The number of benzene rings is 2. The largest absolute Gasteiger partial charge is 0.493 e. The van der Waals surface area contributed by atoms with E-state index in [0.717, 1.165) is 16.9 Å². The minimum absolute atomic E-state index is 0.199. The topological polar surface area (TPSA) is 47.9 Å². The predicted octanol–water partition coefficient (Wildman–Crippen LogP) is 3.26. The molecule has 0 aromatic heterocycles. The summed E-state index contributed by atoms with van der Waals surface area (Å²) in [5, 5.41) is 10.3. The number of aliphatic hydroxyl groups is 1. The first-order valence-electron chi connectivity index (χ1n) is 6.88. The molecule has 0 amide bonds. The molecule has 2 aromatic rings. The molecule has 2 atom stereocenters. The van der Waals surface area contributed by atoms with Gasteiger partial charge in [0, 0.05) is 12.0 Å². The van der Waals surface area contributed by atoms with Crippen LogP contribution < -0.4 is 14.2 Å². The molecule has 1 aliphatic rings. The van der Waals surface area contributed by atoms with Crippen molar-refractivity contribution >= 4 is 0 Å². The molecule has 4 heteroatoms. The van der Waals surface area contributed by atoms with Gasteiger partial charge in [-0.1, -0.05) is 24.3 Å². The third-order valence-electron chi connectivity index (χ3n) is 3.76. The zero-order valence-corrected chi connectivity index (χ0v) is 12.1. The first-order chi connectivity index (χ1) is 10.2. The number of para-hydroxylation sites is 1. The maximum Gasteiger partial charge on any atom is 0.161 e. The molecule has 3 rings (SSSR count). The Kier molecular flexibility index (Phi) is 3.71. The number of ether oxygens (including phenoxy) is 3. The van der Waals surface area contributed by atoms with Crippen molar-refractivity contribution in [1.29, 1.82) is 0 Å². The van der Waals surface area contributed by atoms with E-state index in [4.69, 9.17) is 14.2 Å². The van der Waals surface area contributed by atoms with Crippen molar-refractivity contribution in [1.82, 2.24) is 0 Å². The Morgan fingerprint density at radius 3 is 2.57 bits per heavy atom. The van der Waals surface area contributed by atoms with Crippen LogP contribution >= 0.6 is 0 Å². The molecule has 2 aromatic carbocycles. The second-order valence-electron chi connectivity index (χ2n) is 5.01. The van der Waals surface area contributed by atoms with Gasteiger partial charge >= 0.3 is 0 Å². The summed E-state index contributed by atoms with van der Waals surface area (Å²) in [6.07, 6.45) is -0.199. The minimum atomic E-state index is -0.520. The number of fused-ring (bicyclic) bond motifs is 1. The number of methoxy groups -OCH3 is 2. The van der Waals surface area contributed by atoms with Crippen LogP contribution in [0.25, 0.3) is 0 Å². The van der Waals surface area contributed by atoms with Crippen molar-refractivity contribution in [2.45, 2.75) is 18.6 Å². The average molecular weight is 286 g/mol. The van der Waals surface area contributed by atoms with Gasteiger partial charge in [0.05, 0.1) is 20.3 Å². The normalized spacial score (nSPS) is 20.3. The predicted molar refractivity (Wildman–Crippen MR) is 78.9 cm³/mol. The first kappa shape index (κ1) is 13.8. The van der Waals surface area contributed by atoms with E-state index in [9.17, 15) is 5.11 Å². The molecule has 21 heavy (non-hydrogen) atoms. The van der Waals surface area contributed by atoms with Gasteiger partial charge in [0.1, 0.15) is 11.9 Å². The highest BCUT2D eigenvalue weighted by Gasteiger charge is 2.28. The molecule has 4 nitrogen and oxygen atoms in total. The Bertz CT molecular complexity index is 638. The zero-order chi connectivity index (χ0) is 14.8. The van der Waals surface area contributed by atoms with Gasteiger partial charge in [-0.3, -0.25) is 0 Å². The van der Waals surface area contributed by atoms with Gasteiger partial charge in [-0.15, -0.1) is 0 Å². The summed E-state index contributed by atoms with van der Waals surface area (Å²) in [4.78, 5) is 0. The number of aliphatic hydroxyl groups excluding tert-OH is 1. The lowest BCUT2D eigenvalue weighted by molar-refractivity contribution is 0.0656. The molecule has 1 aliphatic heterocycles. The zero-order valence-electron chi connectivity index (χ0n) is 12.1. The molecule has 0 bridgehead atoms. The van der Waals surface area contributed by atoms with Crippen molar-refractivity contribution in [2.75, 3.05) is 14.2 Å². The lowest BCUT2D eigenvalue weighted by Crippen LogP contribution is -2.19.